The van der Waals surface area contributed by atoms with Crippen LogP contribution in [0.3, 0.4) is 0 Å². The molecule has 1 unspecified atom stereocenters. The smallest absolute Gasteiger partial charge is 0.191 e. The SMILES string of the molecule is CN=C(NCCCOCC1CCOCC1)NCC(c1cccs1)N1CCCC1.I. The molecule has 1 atom stereocenters. The van der Waals surface area contributed by atoms with Crippen molar-refractivity contribution in [2.45, 2.75) is 38.1 Å². The van der Waals surface area contributed by atoms with E-state index in [1.54, 1.807) is 0 Å². The molecule has 0 aliphatic carbocycles. The van der Waals surface area contributed by atoms with E-state index in [1.807, 2.05) is 18.4 Å². The van der Waals surface area contributed by atoms with Crippen molar-refractivity contribution in [3.63, 3.8) is 0 Å². The normalized spacial score (nSPS) is 19.7. The molecule has 29 heavy (non-hydrogen) atoms. The summed E-state index contributed by atoms with van der Waals surface area (Å²) in [6, 6.07) is 4.83. The summed E-state index contributed by atoms with van der Waals surface area (Å²) in [5, 5.41) is 9.12. The second kappa shape index (κ2) is 14.6. The Hall–Kier alpha value is -0.420. The Morgan fingerprint density at radius 2 is 2.10 bits per heavy atom. The van der Waals surface area contributed by atoms with Gasteiger partial charge in [0.15, 0.2) is 5.96 Å². The van der Waals surface area contributed by atoms with Gasteiger partial charge in [-0.05, 0) is 62.6 Å². The lowest BCUT2D eigenvalue weighted by Gasteiger charge is -2.27. The van der Waals surface area contributed by atoms with E-state index in [9.17, 15) is 0 Å². The van der Waals surface area contributed by atoms with Gasteiger partial charge in [-0.25, -0.2) is 0 Å². The maximum atomic E-state index is 5.84. The monoisotopic (exact) mass is 536 g/mol. The quantitative estimate of drug-likeness (QED) is 0.208. The standard InChI is InChI=1S/C21H36N4O2S.HI/c1-22-21(23-9-5-12-27-17-18-7-13-26-14-8-18)24-16-19(20-6-4-15-28-20)25-10-2-3-11-25;/h4,6,15,18-19H,2-3,5,7-14,16-17H2,1H3,(H2,22,23,24);1H. The molecule has 1 aromatic rings. The number of hydrogen-bond donors (Lipinski definition) is 2. The van der Waals surface area contributed by atoms with Gasteiger partial charge < -0.3 is 20.1 Å². The van der Waals surface area contributed by atoms with Crippen LogP contribution < -0.4 is 10.6 Å². The van der Waals surface area contributed by atoms with Gasteiger partial charge >= 0.3 is 0 Å². The van der Waals surface area contributed by atoms with Crippen LogP contribution in [-0.4, -0.2) is 70.5 Å². The summed E-state index contributed by atoms with van der Waals surface area (Å²) >= 11 is 1.85. The predicted molar refractivity (Wildman–Crippen MR) is 132 cm³/mol. The minimum absolute atomic E-state index is 0. The number of ether oxygens (including phenoxy) is 2. The van der Waals surface area contributed by atoms with Gasteiger partial charge in [-0.3, -0.25) is 9.89 Å². The van der Waals surface area contributed by atoms with Crippen molar-refractivity contribution in [2.24, 2.45) is 10.9 Å². The van der Waals surface area contributed by atoms with Crippen LogP contribution in [-0.2, 0) is 9.47 Å². The minimum atomic E-state index is 0. The summed E-state index contributed by atoms with van der Waals surface area (Å²) in [6.07, 6.45) is 5.88. The van der Waals surface area contributed by atoms with Gasteiger partial charge in [0, 0.05) is 51.4 Å². The zero-order chi connectivity index (χ0) is 19.4. The van der Waals surface area contributed by atoms with Crippen LogP contribution in [0.25, 0.3) is 0 Å². The number of rotatable bonds is 10. The first-order valence-electron chi connectivity index (χ1n) is 10.7. The molecule has 1 aromatic heterocycles. The Bertz CT molecular complexity index is 561. The van der Waals surface area contributed by atoms with E-state index in [-0.39, 0.29) is 24.0 Å². The Labute approximate surface area is 196 Å². The molecule has 2 aliphatic rings. The van der Waals surface area contributed by atoms with Crippen LogP contribution in [0.4, 0.5) is 0 Å². The third-order valence-corrected chi connectivity index (χ3v) is 6.57. The first kappa shape index (κ1) is 24.8. The highest BCUT2D eigenvalue weighted by atomic mass is 127. The molecule has 2 N–H and O–H groups in total. The predicted octanol–water partition coefficient (Wildman–Crippen LogP) is 3.50. The average Bonchev–Trinajstić information content (AvgIpc) is 3.45. The van der Waals surface area contributed by atoms with Crippen LogP contribution in [0.15, 0.2) is 22.5 Å². The Balaban J connectivity index is 0.00000300. The van der Waals surface area contributed by atoms with Crippen molar-refractivity contribution >= 4 is 41.3 Å². The molecule has 0 bridgehead atoms. The van der Waals surface area contributed by atoms with Crippen molar-refractivity contribution in [1.29, 1.82) is 0 Å². The van der Waals surface area contributed by atoms with Gasteiger partial charge in [0.2, 0.25) is 0 Å². The molecule has 3 heterocycles. The Kier molecular flexibility index (Phi) is 12.5. The van der Waals surface area contributed by atoms with Crippen LogP contribution in [0, 0.1) is 5.92 Å². The molecule has 0 radical (unpaired) electrons. The van der Waals surface area contributed by atoms with Gasteiger partial charge in [-0.2, -0.15) is 0 Å². The highest BCUT2D eigenvalue weighted by Gasteiger charge is 2.24. The summed E-state index contributed by atoms with van der Waals surface area (Å²) in [4.78, 5) is 8.41. The van der Waals surface area contributed by atoms with E-state index >= 15 is 0 Å². The lowest BCUT2D eigenvalue weighted by molar-refractivity contribution is 0.0203. The van der Waals surface area contributed by atoms with E-state index in [0.717, 1.165) is 64.7 Å². The van der Waals surface area contributed by atoms with E-state index < -0.39 is 0 Å². The fourth-order valence-corrected chi connectivity index (χ4v) is 4.76. The largest absolute Gasteiger partial charge is 0.381 e. The maximum Gasteiger partial charge on any atom is 0.191 e. The van der Waals surface area contributed by atoms with Crippen molar-refractivity contribution in [3.05, 3.63) is 22.4 Å². The number of aliphatic imine (C=N–C) groups is 1. The number of likely N-dealkylation sites (tertiary alicyclic amines) is 1. The second-order valence-corrected chi connectivity index (χ2v) is 8.62. The Morgan fingerprint density at radius 3 is 2.79 bits per heavy atom. The molecule has 3 rings (SSSR count). The van der Waals surface area contributed by atoms with Gasteiger partial charge in [0.05, 0.1) is 6.04 Å². The van der Waals surface area contributed by atoms with Crippen molar-refractivity contribution in [2.75, 3.05) is 59.7 Å². The number of hydrogen-bond acceptors (Lipinski definition) is 5. The van der Waals surface area contributed by atoms with Crippen LogP contribution in [0.5, 0.6) is 0 Å². The number of nitrogens with zero attached hydrogens (tertiary/aromatic N) is 2. The van der Waals surface area contributed by atoms with Crippen LogP contribution >= 0.6 is 35.3 Å². The molecule has 0 saturated carbocycles. The molecule has 2 fully saturated rings. The molecular weight excluding hydrogens is 499 g/mol. The molecule has 0 amide bonds. The van der Waals surface area contributed by atoms with E-state index in [4.69, 9.17) is 9.47 Å². The van der Waals surface area contributed by atoms with Crippen molar-refractivity contribution in [1.82, 2.24) is 15.5 Å². The van der Waals surface area contributed by atoms with Crippen LogP contribution in [0.1, 0.15) is 43.0 Å². The minimum Gasteiger partial charge on any atom is -0.381 e. The molecule has 2 saturated heterocycles. The van der Waals surface area contributed by atoms with Gasteiger partial charge in [0.1, 0.15) is 0 Å². The van der Waals surface area contributed by atoms with Crippen LogP contribution in [0.2, 0.25) is 0 Å². The first-order chi connectivity index (χ1) is 13.9. The Morgan fingerprint density at radius 1 is 1.31 bits per heavy atom. The van der Waals surface area contributed by atoms with Gasteiger partial charge in [-0.15, -0.1) is 35.3 Å². The number of nitrogens with one attached hydrogen (secondary N) is 2. The highest BCUT2D eigenvalue weighted by Crippen LogP contribution is 2.27. The molecular formula is C21H37IN4O2S. The third kappa shape index (κ3) is 8.69. The summed E-state index contributed by atoms with van der Waals surface area (Å²) in [7, 11) is 1.84. The zero-order valence-corrected chi connectivity index (χ0v) is 20.8. The summed E-state index contributed by atoms with van der Waals surface area (Å²) in [5.74, 6) is 1.56. The summed E-state index contributed by atoms with van der Waals surface area (Å²) in [5.41, 5.74) is 0. The number of thiophene rings is 1. The zero-order valence-electron chi connectivity index (χ0n) is 17.6. The number of halogens is 1. The van der Waals surface area contributed by atoms with E-state index in [1.165, 1.54) is 30.8 Å². The molecule has 0 spiro atoms. The molecule has 166 valence electrons. The van der Waals surface area contributed by atoms with Gasteiger partial charge in [-0.1, -0.05) is 6.07 Å². The summed E-state index contributed by atoms with van der Waals surface area (Å²) in [6.45, 7) is 7.60. The van der Waals surface area contributed by atoms with E-state index in [0.29, 0.717) is 12.0 Å². The second-order valence-electron chi connectivity index (χ2n) is 7.64. The molecule has 2 aliphatic heterocycles. The molecule has 0 aromatic carbocycles. The lowest BCUT2D eigenvalue weighted by atomic mass is 10.0. The number of guanidine groups is 1. The fourth-order valence-electron chi connectivity index (χ4n) is 3.90. The highest BCUT2D eigenvalue weighted by molar-refractivity contribution is 14.0. The molecule has 8 heteroatoms. The first-order valence-corrected chi connectivity index (χ1v) is 11.6. The molecule has 6 nitrogen and oxygen atoms in total. The van der Waals surface area contributed by atoms with Crippen molar-refractivity contribution < 1.29 is 9.47 Å². The summed E-state index contributed by atoms with van der Waals surface area (Å²) < 4.78 is 11.2. The van der Waals surface area contributed by atoms with Gasteiger partial charge in [0.25, 0.3) is 0 Å². The lowest BCUT2D eigenvalue weighted by Crippen LogP contribution is -2.42. The average molecular weight is 537 g/mol. The fraction of sp³-hybridized carbons (Fsp3) is 0.762. The van der Waals surface area contributed by atoms with E-state index in [2.05, 4.69) is 38.0 Å². The third-order valence-electron chi connectivity index (χ3n) is 5.59. The topological polar surface area (TPSA) is 58.1 Å². The maximum absolute atomic E-state index is 5.84. The van der Waals surface area contributed by atoms with Crippen molar-refractivity contribution in [3.8, 4) is 0 Å².